The molecular weight excluding hydrogens is 260 g/mol. The Morgan fingerprint density at radius 2 is 2.19 bits per heavy atom. The zero-order valence-corrected chi connectivity index (χ0v) is 12.3. The summed E-state index contributed by atoms with van der Waals surface area (Å²) < 4.78 is 0. The number of nitrogens with one attached hydrogen (secondary N) is 1. The summed E-state index contributed by atoms with van der Waals surface area (Å²) in [5.74, 6) is 0.620. The lowest BCUT2D eigenvalue weighted by Crippen LogP contribution is -2.19. The second-order valence-electron chi connectivity index (χ2n) is 5.64. The number of hydrogen-bond acceptors (Lipinski definition) is 2. The van der Waals surface area contributed by atoms with Gasteiger partial charge in [-0.3, -0.25) is 9.78 Å². The highest BCUT2D eigenvalue weighted by molar-refractivity contribution is 5.93. The van der Waals surface area contributed by atoms with Crippen LogP contribution in [0.4, 0.5) is 5.69 Å². The smallest absolute Gasteiger partial charge is 0.224 e. The van der Waals surface area contributed by atoms with E-state index in [1.54, 1.807) is 0 Å². The van der Waals surface area contributed by atoms with Crippen molar-refractivity contribution in [3.05, 3.63) is 59.4 Å². The van der Waals surface area contributed by atoms with E-state index in [9.17, 15) is 4.79 Å². The van der Waals surface area contributed by atoms with Gasteiger partial charge in [0.15, 0.2) is 0 Å². The van der Waals surface area contributed by atoms with Crippen molar-refractivity contribution in [3.8, 4) is 0 Å². The van der Waals surface area contributed by atoms with Gasteiger partial charge in [-0.2, -0.15) is 0 Å². The van der Waals surface area contributed by atoms with E-state index in [1.807, 2.05) is 24.5 Å². The third-order valence-electron chi connectivity index (χ3n) is 4.19. The van der Waals surface area contributed by atoms with Crippen molar-refractivity contribution >= 4 is 11.6 Å². The maximum Gasteiger partial charge on any atom is 0.224 e. The van der Waals surface area contributed by atoms with Crippen LogP contribution in [-0.2, 0) is 17.6 Å². The number of fused-ring (bicyclic) bond motifs is 1. The summed E-state index contributed by atoms with van der Waals surface area (Å²) in [6.07, 6.45) is 7.30. The average molecular weight is 280 g/mol. The molecule has 1 aromatic carbocycles. The van der Waals surface area contributed by atoms with Gasteiger partial charge in [0.1, 0.15) is 0 Å². The molecule has 1 aromatic heterocycles. The number of carbonyl (C=O) groups excluding carboxylic acids is 1. The van der Waals surface area contributed by atoms with E-state index in [1.165, 1.54) is 16.7 Å². The van der Waals surface area contributed by atoms with Crippen LogP contribution in [0, 0.1) is 0 Å². The molecule has 0 saturated carbocycles. The third kappa shape index (κ3) is 3.13. The summed E-state index contributed by atoms with van der Waals surface area (Å²) in [6, 6.07) is 10.6. The molecule has 0 aliphatic carbocycles. The predicted molar refractivity (Wildman–Crippen MR) is 84.4 cm³/mol. The van der Waals surface area contributed by atoms with E-state index < -0.39 is 0 Å². The molecule has 0 spiro atoms. The molecule has 2 heterocycles. The predicted octanol–water partition coefficient (Wildman–Crippen LogP) is 3.70. The summed E-state index contributed by atoms with van der Waals surface area (Å²) in [5.41, 5.74) is 4.87. The van der Waals surface area contributed by atoms with Gasteiger partial charge in [-0.15, -0.1) is 0 Å². The Labute approximate surface area is 125 Å². The summed E-state index contributed by atoms with van der Waals surface area (Å²) in [5, 5.41) is 2.94. The van der Waals surface area contributed by atoms with Crippen molar-refractivity contribution in [1.82, 2.24) is 4.98 Å². The quantitative estimate of drug-likeness (QED) is 0.927. The molecule has 1 unspecified atom stereocenters. The lowest BCUT2D eigenvalue weighted by molar-refractivity contribution is -0.116. The van der Waals surface area contributed by atoms with E-state index >= 15 is 0 Å². The van der Waals surface area contributed by atoms with Crippen molar-refractivity contribution in [2.24, 2.45) is 0 Å². The first kappa shape index (κ1) is 13.8. The summed E-state index contributed by atoms with van der Waals surface area (Å²) in [6.45, 7) is 2.22. The van der Waals surface area contributed by atoms with Crippen molar-refractivity contribution in [1.29, 1.82) is 0 Å². The zero-order chi connectivity index (χ0) is 14.7. The lowest BCUT2D eigenvalue weighted by atomic mass is 9.88. The van der Waals surface area contributed by atoms with Crippen LogP contribution in [0.15, 0.2) is 42.7 Å². The first-order valence-corrected chi connectivity index (χ1v) is 7.58. The molecule has 0 bridgehead atoms. The molecule has 1 N–H and O–H groups in total. The minimum Gasteiger partial charge on any atom is -0.326 e. The molecule has 3 heteroatoms. The number of aromatic nitrogens is 1. The normalized spacial score (nSPS) is 15.2. The minimum absolute atomic E-state index is 0.123. The van der Waals surface area contributed by atoms with Gasteiger partial charge >= 0.3 is 0 Å². The van der Waals surface area contributed by atoms with Gasteiger partial charge in [-0.1, -0.05) is 25.1 Å². The Balaban J connectivity index is 1.83. The number of pyridine rings is 1. The second kappa shape index (κ2) is 6.08. The monoisotopic (exact) mass is 280 g/mol. The van der Waals surface area contributed by atoms with Crippen molar-refractivity contribution in [2.75, 3.05) is 5.32 Å². The highest BCUT2D eigenvalue weighted by Crippen LogP contribution is 2.30. The fourth-order valence-electron chi connectivity index (χ4n) is 2.96. The number of benzene rings is 1. The molecule has 108 valence electrons. The van der Waals surface area contributed by atoms with Gasteiger partial charge in [0.2, 0.25) is 5.91 Å². The van der Waals surface area contributed by atoms with Crippen LogP contribution >= 0.6 is 0 Å². The topological polar surface area (TPSA) is 42.0 Å². The number of nitrogens with zero attached hydrogens (tertiary/aromatic N) is 1. The van der Waals surface area contributed by atoms with Gasteiger partial charge in [0.25, 0.3) is 0 Å². The molecule has 21 heavy (non-hydrogen) atoms. The molecule has 1 atom stereocenters. The van der Waals surface area contributed by atoms with Crippen LogP contribution in [-0.4, -0.2) is 10.9 Å². The van der Waals surface area contributed by atoms with E-state index in [0.717, 1.165) is 24.9 Å². The second-order valence-corrected chi connectivity index (χ2v) is 5.64. The van der Waals surface area contributed by atoms with E-state index in [-0.39, 0.29) is 5.91 Å². The van der Waals surface area contributed by atoms with E-state index in [0.29, 0.717) is 12.3 Å². The number of anilines is 1. The summed E-state index contributed by atoms with van der Waals surface area (Å²) >= 11 is 0. The molecule has 0 fully saturated rings. The van der Waals surface area contributed by atoms with Gasteiger partial charge in [0.05, 0.1) is 0 Å². The van der Waals surface area contributed by atoms with Crippen molar-refractivity contribution in [3.63, 3.8) is 0 Å². The number of amides is 1. The largest absolute Gasteiger partial charge is 0.326 e. The molecule has 0 radical (unpaired) electrons. The Kier molecular flexibility index (Phi) is 4.00. The first-order valence-electron chi connectivity index (χ1n) is 7.58. The molecule has 2 aromatic rings. The average Bonchev–Trinajstić information content (AvgIpc) is 2.53. The number of hydrogen-bond donors (Lipinski definition) is 1. The fourth-order valence-corrected chi connectivity index (χ4v) is 2.96. The number of aryl methyl sites for hydroxylation is 1. The van der Waals surface area contributed by atoms with Gasteiger partial charge in [-0.25, -0.2) is 0 Å². The summed E-state index contributed by atoms with van der Waals surface area (Å²) in [4.78, 5) is 15.6. The molecule has 1 aliphatic heterocycles. The van der Waals surface area contributed by atoms with Crippen LogP contribution in [0.1, 0.15) is 42.4 Å². The Hall–Kier alpha value is -2.16. The molecule has 1 aliphatic rings. The Bertz CT molecular complexity index is 637. The maximum atomic E-state index is 11.4. The maximum absolute atomic E-state index is 11.4. The lowest BCUT2D eigenvalue weighted by Gasteiger charge is -2.21. The molecule has 1 amide bonds. The Morgan fingerprint density at radius 1 is 1.29 bits per heavy atom. The van der Waals surface area contributed by atoms with Crippen molar-refractivity contribution in [2.45, 2.75) is 38.5 Å². The number of carbonyl (C=O) groups is 1. The minimum atomic E-state index is 0.123. The zero-order valence-electron chi connectivity index (χ0n) is 12.3. The highest BCUT2D eigenvalue weighted by Gasteiger charge is 2.17. The van der Waals surface area contributed by atoms with Crippen LogP contribution in [0.5, 0.6) is 0 Å². The van der Waals surface area contributed by atoms with Gasteiger partial charge in [0, 0.05) is 24.5 Å². The van der Waals surface area contributed by atoms with Crippen molar-refractivity contribution < 1.29 is 4.79 Å². The van der Waals surface area contributed by atoms with Crippen LogP contribution in [0.3, 0.4) is 0 Å². The SMILES string of the molecule is CCC(Cc1cccnc1)c1ccc2c(c1)CCC(=O)N2. The van der Waals surface area contributed by atoms with E-state index in [2.05, 4.69) is 35.4 Å². The van der Waals surface area contributed by atoms with Gasteiger partial charge in [-0.05, 0) is 54.0 Å². The molecule has 3 rings (SSSR count). The standard InChI is InChI=1S/C18H20N2O/c1-2-14(10-13-4-3-9-19-12-13)15-5-7-17-16(11-15)6-8-18(21)20-17/h3-5,7,9,11-12,14H,2,6,8,10H2,1H3,(H,20,21). The molecule has 0 saturated heterocycles. The third-order valence-corrected chi connectivity index (χ3v) is 4.19. The molecule has 3 nitrogen and oxygen atoms in total. The first-order chi connectivity index (χ1) is 10.3. The van der Waals surface area contributed by atoms with Crippen LogP contribution in [0.25, 0.3) is 0 Å². The number of rotatable bonds is 4. The van der Waals surface area contributed by atoms with Crippen LogP contribution in [0.2, 0.25) is 0 Å². The van der Waals surface area contributed by atoms with Crippen LogP contribution < -0.4 is 5.32 Å². The Morgan fingerprint density at radius 3 is 2.95 bits per heavy atom. The van der Waals surface area contributed by atoms with E-state index in [4.69, 9.17) is 0 Å². The van der Waals surface area contributed by atoms with Gasteiger partial charge < -0.3 is 5.32 Å². The fraction of sp³-hybridized carbons (Fsp3) is 0.333. The summed E-state index contributed by atoms with van der Waals surface area (Å²) in [7, 11) is 0. The molecular formula is C18H20N2O. The highest BCUT2D eigenvalue weighted by atomic mass is 16.1.